The average molecular weight is 557 g/mol. The van der Waals surface area contributed by atoms with Crippen molar-refractivity contribution in [3.8, 4) is 5.75 Å². The van der Waals surface area contributed by atoms with Crippen LogP contribution >= 0.6 is 27.5 Å². The molecule has 180 valence electrons. The summed E-state index contributed by atoms with van der Waals surface area (Å²) >= 11 is 9.49. The Morgan fingerprint density at radius 2 is 1.91 bits per heavy atom. The topological polar surface area (TPSA) is 56.2 Å². The molecule has 4 rings (SSSR count). The molecule has 1 N–H and O–H groups in total. The predicted molar refractivity (Wildman–Crippen MR) is 126 cm³/mol. The molecule has 2 aromatic carbocycles. The molecule has 0 aliphatic heterocycles. The predicted octanol–water partition coefficient (Wildman–Crippen LogP) is 6.59. The largest absolute Gasteiger partial charge is 0.487 e. The third kappa shape index (κ3) is 6.33. The molecule has 0 radical (unpaired) electrons. The lowest BCUT2D eigenvalue weighted by molar-refractivity contribution is -0.141. The number of carbonyl (C=O) groups is 1. The van der Waals surface area contributed by atoms with Crippen molar-refractivity contribution in [1.82, 2.24) is 15.1 Å². The first kappa shape index (κ1) is 24.6. The van der Waals surface area contributed by atoms with E-state index in [2.05, 4.69) is 26.3 Å². The van der Waals surface area contributed by atoms with E-state index in [1.54, 1.807) is 36.4 Å². The lowest BCUT2D eigenvalue weighted by Crippen LogP contribution is -2.25. The molecule has 0 spiro atoms. The van der Waals surface area contributed by atoms with Gasteiger partial charge >= 0.3 is 6.18 Å². The zero-order valence-corrected chi connectivity index (χ0v) is 20.4. The van der Waals surface area contributed by atoms with Gasteiger partial charge in [-0.1, -0.05) is 39.7 Å². The van der Waals surface area contributed by atoms with Crippen molar-refractivity contribution in [2.24, 2.45) is 0 Å². The fourth-order valence-electron chi connectivity index (χ4n) is 3.50. The second kappa shape index (κ2) is 10.4. The maximum Gasteiger partial charge on any atom is 0.435 e. The van der Waals surface area contributed by atoms with Crippen LogP contribution in [0, 0.1) is 0 Å². The Morgan fingerprint density at radius 3 is 2.56 bits per heavy atom. The second-order valence-corrected chi connectivity index (χ2v) is 9.44. The van der Waals surface area contributed by atoms with Gasteiger partial charge in [0, 0.05) is 34.7 Å². The first-order chi connectivity index (χ1) is 16.2. The van der Waals surface area contributed by atoms with Gasteiger partial charge in [-0.15, -0.1) is 0 Å². The minimum absolute atomic E-state index is 0.153. The number of hydrogen-bond acceptors (Lipinski definition) is 3. The highest BCUT2D eigenvalue weighted by molar-refractivity contribution is 9.10. The summed E-state index contributed by atoms with van der Waals surface area (Å²) in [5, 5.41) is 7.04. The number of carbonyl (C=O) groups excluding carboxylic acids is 1. The molecule has 1 fully saturated rings. The van der Waals surface area contributed by atoms with Crippen LogP contribution in [0.5, 0.6) is 5.75 Å². The van der Waals surface area contributed by atoms with E-state index in [0.29, 0.717) is 48.1 Å². The summed E-state index contributed by atoms with van der Waals surface area (Å²) < 4.78 is 47.0. The van der Waals surface area contributed by atoms with Crippen molar-refractivity contribution in [2.45, 2.75) is 44.5 Å². The van der Waals surface area contributed by atoms with Crippen molar-refractivity contribution in [1.29, 1.82) is 0 Å². The molecule has 5 nitrogen and oxygen atoms in total. The molecule has 0 unspecified atom stereocenters. The number of nitrogens with zero attached hydrogens (tertiary/aromatic N) is 2. The van der Waals surface area contributed by atoms with Gasteiger partial charge in [-0.05, 0) is 61.2 Å². The number of ether oxygens (including phenoxy) is 1. The smallest absolute Gasteiger partial charge is 0.435 e. The molecule has 1 amide bonds. The molecule has 34 heavy (non-hydrogen) atoms. The van der Waals surface area contributed by atoms with Crippen molar-refractivity contribution < 1.29 is 22.7 Å². The highest BCUT2D eigenvalue weighted by atomic mass is 79.9. The Hall–Kier alpha value is -2.52. The zero-order chi connectivity index (χ0) is 24.3. The van der Waals surface area contributed by atoms with Crippen LogP contribution in [0.4, 0.5) is 13.2 Å². The molecule has 1 aromatic heterocycles. The van der Waals surface area contributed by atoms with Crippen LogP contribution in [-0.2, 0) is 19.3 Å². The Balaban J connectivity index is 1.25. The summed E-state index contributed by atoms with van der Waals surface area (Å²) in [5.74, 6) is 0.471. The zero-order valence-electron chi connectivity index (χ0n) is 18.0. The van der Waals surface area contributed by atoms with E-state index in [1.165, 1.54) is 4.68 Å². The molecule has 3 aromatic rings. The SMILES string of the molecule is O=C(NCCCn1nc(C(F)(F)F)cc1C1CC1)c1ccc(COc2ccc(Br)cc2Cl)cc1. The van der Waals surface area contributed by atoms with Crippen LogP contribution < -0.4 is 10.1 Å². The molecule has 1 heterocycles. The van der Waals surface area contributed by atoms with Crippen LogP contribution in [0.15, 0.2) is 53.0 Å². The lowest BCUT2D eigenvalue weighted by atomic mass is 10.1. The molecule has 1 saturated carbocycles. The van der Waals surface area contributed by atoms with Crippen molar-refractivity contribution in [3.63, 3.8) is 0 Å². The van der Waals surface area contributed by atoms with Gasteiger partial charge in [0.2, 0.25) is 0 Å². The monoisotopic (exact) mass is 555 g/mol. The number of amides is 1. The Kier molecular flexibility index (Phi) is 7.52. The van der Waals surface area contributed by atoms with Crippen LogP contribution in [0.1, 0.15) is 52.5 Å². The third-order valence-corrected chi connectivity index (χ3v) is 6.22. The van der Waals surface area contributed by atoms with E-state index >= 15 is 0 Å². The van der Waals surface area contributed by atoms with Gasteiger partial charge in [-0.25, -0.2) is 0 Å². The highest BCUT2D eigenvalue weighted by Crippen LogP contribution is 2.42. The molecule has 0 saturated heterocycles. The van der Waals surface area contributed by atoms with Gasteiger partial charge in [0.25, 0.3) is 5.91 Å². The van der Waals surface area contributed by atoms with E-state index < -0.39 is 11.9 Å². The van der Waals surface area contributed by atoms with Gasteiger partial charge < -0.3 is 10.1 Å². The Labute approximate surface area is 208 Å². The number of halogens is 5. The molecule has 1 aliphatic rings. The van der Waals surface area contributed by atoms with Gasteiger partial charge in [0.1, 0.15) is 12.4 Å². The summed E-state index contributed by atoms with van der Waals surface area (Å²) in [6, 6.07) is 13.5. The van der Waals surface area contributed by atoms with Gasteiger partial charge in [0.15, 0.2) is 5.69 Å². The molecule has 10 heteroatoms. The fraction of sp³-hybridized carbons (Fsp3) is 0.333. The second-order valence-electron chi connectivity index (χ2n) is 8.12. The molecule has 0 atom stereocenters. The summed E-state index contributed by atoms with van der Waals surface area (Å²) in [5.41, 5.74) is 1.13. The number of benzene rings is 2. The van der Waals surface area contributed by atoms with E-state index in [4.69, 9.17) is 16.3 Å². The Bertz CT molecular complexity index is 1160. The maximum atomic E-state index is 13.0. The first-order valence-electron chi connectivity index (χ1n) is 10.8. The standard InChI is InChI=1S/C24H22BrClF3N3O2/c25-18-8-9-21(19(26)12-18)34-14-15-2-4-17(5-3-15)23(33)30-10-1-11-32-20(16-6-7-16)13-22(31-32)24(27,28)29/h2-5,8-9,12-13,16H,1,6-7,10-11,14H2,(H,30,33). The highest BCUT2D eigenvalue weighted by Gasteiger charge is 2.37. The number of nitrogens with one attached hydrogen (secondary N) is 1. The van der Waals surface area contributed by atoms with E-state index in [0.717, 1.165) is 28.9 Å². The maximum absolute atomic E-state index is 13.0. The minimum atomic E-state index is -4.45. The van der Waals surface area contributed by atoms with Gasteiger partial charge in [-0.2, -0.15) is 18.3 Å². The van der Waals surface area contributed by atoms with Crippen LogP contribution in [0.2, 0.25) is 5.02 Å². The first-order valence-corrected chi connectivity index (χ1v) is 12.0. The van der Waals surface area contributed by atoms with Crippen LogP contribution in [0.3, 0.4) is 0 Å². The third-order valence-electron chi connectivity index (χ3n) is 5.43. The summed E-state index contributed by atoms with van der Waals surface area (Å²) in [7, 11) is 0. The minimum Gasteiger partial charge on any atom is -0.487 e. The normalized spacial score (nSPS) is 13.7. The number of alkyl halides is 3. The molecular weight excluding hydrogens is 535 g/mol. The summed E-state index contributed by atoms with van der Waals surface area (Å²) in [6.07, 6.45) is -2.21. The van der Waals surface area contributed by atoms with Gasteiger partial charge in [0.05, 0.1) is 5.02 Å². The van der Waals surface area contributed by atoms with E-state index in [-0.39, 0.29) is 11.8 Å². The lowest BCUT2D eigenvalue weighted by Gasteiger charge is -2.10. The Morgan fingerprint density at radius 1 is 1.18 bits per heavy atom. The number of aryl methyl sites for hydroxylation is 1. The van der Waals surface area contributed by atoms with Crippen molar-refractivity contribution in [2.75, 3.05) is 6.54 Å². The molecular formula is C24H22BrClF3N3O2. The summed E-state index contributed by atoms with van der Waals surface area (Å²) in [4.78, 5) is 12.4. The summed E-state index contributed by atoms with van der Waals surface area (Å²) in [6.45, 7) is 0.949. The number of rotatable bonds is 9. The fourth-order valence-corrected chi connectivity index (χ4v) is 4.22. The van der Waals surface area contributed by atoms with E-state index in [9.17, 15) is 18.0 Å². The van der Waals surface area contributed by atoms with Crippen LogP contribution in [0.25, 0.3) is 0 Å². The number of aromatic nitrogens is 2. The molecule has 1 aliphatic carbocycles. The van der Waals surface area contributed by atoms with E-state index in [1.807, 2.05) is 6.07 Å². The van der Waals surface area contributed by atoms with Crippen molar-refractivity contribution >= 4 is 33.4 Å². The van der Waals surface area contributed by atoms with Crippen molar-refractivity contribution in [3.05, 3.63) is 80.5 Å². The van der Waals surface area contributed by atoms with Crippen LogP contribution in [-0.4, -0.2) is 22.2 Å². The number of hydrogen-bond donors (Lipinski definition) is 1. The van der Waals surface area contributed by atoms with Gasteiger partial charge in [-0.3, -0.25) is 9.48 Å². The quantitative estimate of drug-likeness (QED) is 0.302. The molecule has 0 bridgehead atoms. The average Bonchev–Trinajstić information content (AvgIpc) is 3.54.